The SMILES string of the molecule is CC(c1ccccc1)N1CCC(NC(=O)[C@@H]2CC[C@H](CN)O2)CC1.Cl.Cl. The van der Waals surface area contributed by atoms with E-state index < -0.39 is 0 Å². The van der Waals surface area contributed by atoms with E-state index in [0.717, 1.165) is 38.8 Å². The Bertz CT molecular complexity index is 539. The Hall–Kier alpha value is -0.850. The van der Waals surface area contributed by atoms with Crippen molar-refractivity contribution >= 4 is 30.7 Å². The van der Waals surface area contributed by atoms with Gasteiger partial charge < -0.3 is 15.8 Å². The molecule has 1 aromatic rings. The summed E-state index contributed by atoms with van der Waals surface area (Å²) < 4.78 is 5.68. The van der Waals surface area contributed by atoms with Crippen molar-refractivity contribution < 1.29 is 9.53 Å². The number of piperidine rings is 1. The van der Waals surface area contributed by atoms with Crippen molar-refractivity contribution in [3.63, 3.8) is 0 Å². The van der Waals surface area contributed by atoms with Crippen LogP contribution >= 0.6 is 24.8 Å². The van der Waals surface area contributed by atoms with Crippen LogP contribution in [-0.4, -0.2) is 48.7 Å². The predicted octanol–water partition coefficient (Wildman–Crippen LogP) is 2.68. The van der Waals surface area contributed by atoms with E-state index in [0.29, 0.717) is 12.6 Å². The molecule has 2 aliphatic rings. The number of carbonyl (C=O) groups excluding carboxylic acids is 1. The fourth-order valence-electron chi connectivity index (χ4n) is 3.74. The van der Waals surface area contributed by atoms with Crippen molar-refractivity contribution in [1.29, 1.82) is 0 Å². The molecule has 3 N–H and O–H groups in total. The fraction of sp³-hybridized carbons (Fsp3) is 0.632. The normalized spacial score (nSPS) is 25.0. The number of rotatable bonds is 5. The summed E-state index contributed by atoms with van der Waals surface area (Å²) in [5.74, 6) is 0.0421. The lowest BCUT2D eigenvalue weighted by Crippen LogP contribution is -2.48. The van der Waals surface area contributed by atoms with Gasteiger partial charge in [0.1, 0.15) is 6.10 Å². The Morgan fingerprint density at radius 3 is 2.42 bits per heavy atom. The maximum absolute atomic E-state index is 12.3. The van der Waals surface area contributed by atoms with Crippen LogP contribution in [0.2, 0.25) is 0 Å². The monoisotopic (exact) mass is 403 g/mol. The van der Waals surface area contributed by atoms with Crippen molar-refractivity contribution in [2.24, 2.45) is 5.73 Å². The van der Waals surface area contributed by atoms with E-state index in [4.69, 9.17) is 10.5 Å². The number of carbonyl (C=O) groups is 1. The molecule has 2 aliphatic heterocycles. The zero-order valence-corrected chi connectivity index (χ0v) is 16.9. The Labute approximate surface area is 168 Å². The fourth-order valence-corrected chi connectivity index (χ4v) is 3.74. The van der Waals surface area contributed by atoms with Gasteiger partial charge in [-0.25, -0.2) is 0 Å². The number of halogens is 2. The first-order valence-corrected chi connectivity index (χ1v) is 9.12. The smallest absolute Gasteiger partial charge is 0.249 e. The van der Waals surface area contributed by atoms with Gasteiger partial charge in [0.25, 0.3) is 0 Å². The van der Waals surface area contributed by atoms with Gasteiger partial charge in [-0.15, -0.1) is 24.8 Å². The van der Waals surface area contributed by atoms with Crippen LogP contribution in [-0.2, 0) is 9.53 Å². The quantitative estimate of drug-likeness (QED) is 0.792. The number of amides is 1. The largest absolute Gasteiger partial charge is 0.364 e. The van der Waals surface area contributed by atoms with Gasteiger partial charge in [-0.3, -0.25) is 9.69 Å². The number of nitrogens with two attached hydrogens (primary N) is 1. The summed E-state index contributed by atoms with van der Waals surface area (Å²) in [6.07, 6.45) is 3.42. The van der Waals surface area contributed by atoms with Crippen molar-refractivity contribution in [2.75, 3.05) is 19.6 Å². The van der Waals surface area contributed by atoms with E-state index >= 15 is 0 Å². The second kappa shape index (κ2) is 11.1. The van der Waals surface area contributed by atoms with Crippen LogP contribution in [0.4, 0.5) is 0 Å². The zero-order chi connectivity index (χ0) is 16.9. The molecule has 2 saturated heterocycles. The number of nitrogens with zero attached hydrogens (tertiary/aromatic N) is 1. The van der Waals surface area contributed by atoms with Crippen molar-refractivity contribution in [3.05, 3.63) is 35.9 Å². The summed E-state index contributed by atoms with van der Waals surface area (Å²) >= 11 is 0. The summed E-state index contributed by atoms with van der Waals surface area (Å²) in [4.78, 5) is 14.8. The third kappa shape index (κ3) is 5.83. The minimum atomic E-state index is -0.306. The lowest BCUT2D eigenvalue weighted by Gasteiger charge is -2.36. The van der Waals surface area contributed by atoms with Crippen LogP contribution in [0.15, 0.2) is 30.3 Å². The summed E-state index contributed by atoms with van der Waals surface area (Å²) in [6, 6.07) is 11.3. The Morgan fingerprint density at radius 2 is 1.85 bits per heavy atom. The van der Waals surface area contributed by atoms with Crippen LogP contribution in [0.25, 0.3) is 0 Å². The standard InChI is InChI=1S/C19H29N3O2.2ClH/c1-14(15-5-3-2-4-6-15)22-11-9-16(10-12-22)21-19(23)18-8-7-17(13-20)24-18;;/h2-6,14,16-18H,7-13,20H2,1H3,(H,21,23);2*1H/t14?,17-,18+;;/m1../s1. The van der Waals surface area contributed by atoms with Gasteiger partial charge in [0.05, 0.1) is 6.10 Å². The molecule has 0 bridgehead atoms. The lowest BCUT2D eigenvalue weighted by molar-refractivity contribution is -0.132. The van der Waals surface area contributed by atoms with E-state index in [2.05, 4.69) is 47.5 Å². The van der Waals surface area contributed by atoms with E-state index in [1.807, 2.05) is 0 Å². The molecule has 1 unspecified atom stereocenters. The molecule has 3 rings (SSSR count). The molecule has 1 aromatic carbocycles. The second-order valence-electron chi connectivity index (χ2n) is 6.97. The minimum Gasteiger partial charge on any atom is -0.364 e. The molecular weight excluding hydrogens is 373 g/mol. The average molecular weight is 404 g/mol. The topological polar surface area (TPSA) is 67.6 Å². The van der Waals surface area contributed by atoms with E-state index in [-0.39, 0.29) is 49.0 Å². The Kier molecular flexibility index (Phi) is 9.90. The molecule has 0 spiro atoms. The first kappa shape index (κ1) is 23.2. The summed E-state index contributed by atoms with van der Waals surface area (Å²) in [5, 5.41) is 3.17. The maximum Gasteiger partial charge on any atom is 0.249 e. The van der Waals surface area contributed by atoms with E-state index in [9.17, 15) is 4.79 Å². The molecule has 0 radical (unpaired) electrons. The molecule has 26 heavy (non-hydrogen) atoms. The van der Waals surface area contributed by atoms with E-state index in [1.54, 1.807) is 0 Å². The van der Waals surface area contributed by atoms with E-state index in [1.165, 1.54) is 5.56 Å². The maximum atomic E-state index is 12.3. The number of ether oxygens (including phenoxy) is 1. The highest BCUT2D eigenvalue weighted by Gasteiger charge is 2.32. The summed E-state index contributed by atoms with van der Waals surface area (Å²) in [6.45, 7) is 4.78. The van der Waals surface area contributed by atoms with Gasteiger partial charge in [-0.2, -0.15) is 0 Å². The van der Waals surface area contributed by atoms with Gasteiger partial charge >= 0.3 is 0 Å². The van der Waals surface area contributed by atoms with Crippen LogP contribution in [0, 0.1) is 0 Å². The first-order valence-electron chi connectivity index (χ1n) is 9.12. The molecule has 2 heterocycles. The second-order valence-corrected chi connectivity index (χ2v) is 6.97. The molecule has 0 aliphatic carbocycles. The molecule has 1 amide bonds. The van der Waals surface area contributed by atoms with Crippen molar-refractivity contribution in [1.82, 2.24) is 10.2 Å². The third-order valence-corrected chi connectivity index (χ3v) is 5.37. The summed E-state index contributed by atoms with van der Waals surface area (Å²) in [7, 11) is 0. The molecule has 5 nitrogen and oxygen atoms in total. The Balaban J connectivity index is 0.00000169. The van der Waals surface area contributed by atoms with Crippen LogP contribution < -0.4 is 11.1 Å². The first-order chi connectivity index (χ1) is 11.7. The number of likely N-dealkylation sites (tertiary alicyclic amines) is 1. The highest BCUT2D eigenvalue weighted by Crippen LogP contribution is 2.24. The van der Waals surface area contributed by atoms with Gasteiger partial charge in [-0.1, -0.05) is 30.3 Å². The van der Waals surface area contributed by atoms with Gasteiger partial charge in [0.15, 0.2) is 0 Å². The number of hydrogen-bond acceptors (Lipinski definition) is 4. The molecule has 148 valence electrons. The van der Waals surface area contributed by atoms with Crippen molar-refractivity contribution in [2.45, 2.75) is 56.9 Å². The third-order valence-electron chi connectivity index (χ3n) is 5.37. The number of benzene rings is 1. The summed E-state index contributed by atoms with van der Waals surface area (Å²) in [5.41, 5.74) is 6.96. The molecule has 2 fully saturated rings. The molecule has 3 atom stereocenters. The Morgan fingerprint density at radius 1 is 1.19 bits per heavy atom. The number of nitrogens with one attached hydrogen (secondary N) is 1. The molecule has 7 heteroatoms. The highest BCUT2D eigenvalue weighted by atomic mass is 35.5. The molecular formula is C19H31Cl2N3O2. The predicted molar refractivity (Wildman–Crippen MR) is 109 cm³/mol. The van der Waals surface area contributed by atoms with Crippen LogP contribution in [0.5, 0.6) is 0 Å². The van der Waals surface area contributed by atoms with Gasteiger partial charge in [-0.05, 0) is 38.2 Å². The lowest BCUT2D eigenvalue weighted by atomic mass is 10.00. The highest BCUT2D eigenvalue weighted by molar-refractivity contribution is 5.85. The molecule has 0 aromatic heterocycles. The zero-order valence-electron chi connectivity index (χ0n) is 15.3. The van der Waals surface area contributed by atoms with Crippen LogP contribution in [0.1, 0.15) is 44.2 Å². The molecule has 0 saturated carbocycles. The van der Waals surface area contributed by atoms with Gasteiger partial charge in [0.2, 0.25) is 5.91 Å². The van der Waals surface area contributed by atoms with Crippen LogP contribution in [0.3, 0.4) is 0 Å². The average Bonchev–Trinajstić information content (AvgIpc) is 3.12. The van der Waals surface area contributed by atoms with Gasteiger partial charge in [0, 0.05) is 31.7 Å². The number of hydrogen-bond donors (Lipinski definition) is 2. The minimum absolute atomic E-state index is 0. The van der Waals surface area contributed by atoms with Crippen molar-refractivity contribution in [3.8, 4) is 0 Å².